The van der Waals surface area contributed by atoms with Crippen LogP contribution in [-0.2, 0) is 19.1 Å². The lowest BCUT2D eigenvalue weighted by Gasteiger charge is -2.43. The molecular formula is C17H22N6O4. The Morgan fingerprint density at radius 3 is 1.44 bits per heavy atom. The number of carbonyl (C=O) groups is 2. The van der Waals surface area contributed by atoms with Crippen LogP contribution >= 0.6 is 0 Å². The fourth-order valence-electron chi connectivity index (χ4n) is 2.77. The molecule has 0 unspecified atom stereocenters. The number of nitrogens with zero attached hydrogens (tertiary/aromatic N) is 2. The molecule has 0 saturated carbocycles. The first kappa shape index (κ1) is 19.9. The smallest absolute Gasteiger partial charge is 0.352 e. The van der Waals surface area contributed by atoms with E-state index < -0.39 is 11.9 Å². The first-order valence-corrected chi connectivity index (χ1v) is 8.58. The average Bonchev–Trinajstić information content (AvgIpc) is 2.67. The molecule has 0 aromatic rings. The largest absolute Gasteiger partial charge is 0.462 e. The molecule has 0 amide bonds. The Bertz CT molecular complexity index is 671. The van der Waals surface area contributed by atoms with E-state index in [2.05, 4.69) is 21.3 Å². The number of nitrogens with one attached hydrogen (secondary N) is 4. The van der Waals surface area contributed by atoms with Crippen molar-refractivity contribution < 1.29 is 19.1 Å². The second kappa shape index (κ2) is 8.81. The number of esters is 2. The summed E-state index contributed by atoms with van der Waals surface area (Å²) in [5.74, 6) is -0.673. The molecule has 0 aromatic carbocycles. The van der Waals surface area contributed by atoms with Crippen molar-refractivity contribution in [2.45, 2.75) is 13.8 Å². The normalized spacial score (nSPS) is 20.6. The molecule has 1 spiro atoms. The number of rotatable bonds is 4. The third-order valence-electron chi connectivity index (χ3n) is 4.24. The van der Waals surface area contributed by atoms with E-state index >= 15 is 0 Å². The molecule has 27 heavy (non-hydrogen) atoms. The molecule has 2 fully saturated rings. The van der Waals surface area contributed by atoms with Crippen molar-refractivity contribution in [1.29, 1.82) is 10.5 Å². The van der Waals surface area contributed by atoms with Gasteiger partial charge in [0.25, 0.3) is 0 Å². The number of carbonyl (C=O) groups excluding carboxylic acids is 2. The third kappa shape index (κ3) is 4.42. The Morgan fingerprint density at radius 1 is 0.852 bits per heavy atom. The van der Waals surface area contributed by atoms with Gasteiger partial charge in [-0.3, -0.25) is 0 Å². The van der Waals surface area contributed by atoms with Gasteiger partial charge in [-0.25, -0.2) is 9.59 Å². The monoisotopic (exact) mass is 374 g/mol. The molecule has 2 rings (SSSR count). The predicted molar refractivity (Wildman–Crippen MR) is 93.0 cm³/mol. The fourth-order valence-corrected chi connectivity index (χ4v) is 2.77. The lowest BCUT2D eigenvalue weighted by Crippen LogP contribution is -2.62. The van der Waals surface area contributed by atoms with Crippen LogP contribution in [-0.4, -0.2) is 51.3 Å². The van der Waals surface area contributed by atoms with E-state index in [1.54, 1.807) is 13.8 Å². The summed E-state index contributed by atoms with van der Waals surface area (Å²) in [5, 5.41) is 30.7. The summed E-state index contributed by atoms with van der Waals surface area (Å²) in [4.78, 5) is 23.6. The van der Waals surface area contributed by atoms with Crippen molar-refractivity contribution in [2.24, 2.45) is 5.41 Å². The summed E-state index contributed by atoms with van der Waals surface area (Å²) < 4.78 is 9.75. The van der Waals surface area contributed by atoms with Crippen LogP contribution in [0.5, 0.6) is 0 Å². The highest BCUT2D eigenvalue weighted by Crippen LogP contribution is 2.23. The number of hydrogen-bond donors (Lipinski definition) is 4. The standard InChI is InChI=1S/C17H22N6O4/c1-3-26-15(24)11(5-18)13-20-7-17(8-21-13)9-22-14(23-10-17)12(6-19)16(25)27-4-2/h20-23H,3-4,7-10H2,1-2H3. The second-order valence-corrected chi connectivity index (χ2v) is 6.08. The molecule has 0 bridgehead atoms. The van der Waals surface area contributed by atoms with Crippen LogP contribution in [0.2, 0.25) is 0 Å². The molecule has 0 aliphatic carbocycles. The van der Waals surface area contributed by atoms with Crippen molar-refractivity contribution in [1.82, 2.24) is 21.3 Å². The molecule has 2 heterocycles. The van der Waals surface area contributed by atoms with Gasteiger partial charge >= 0.3 is 11.9 Å². The number of nitriles is 2. The molecule has 0 atom stereocenters. The van der Waals surface area contributed by atoms with Gasteiger partial charge in [-0.15, -0.1) is 0 Å². The van der Waals surface area contributed by atoms with Crippen LogP contribution < -0.4 is 21.3 Å². The summed E-state index contributed by atoms with van der Waals surface area (Å²) in [6, 6.07) is 3.71. The summed E-state index contributed by atoms with van der Waals surface area (Å²) in [6.07, 6.45) is 0. The van der Waals surface area contributed by atoms with E-state index in [1.165, 1.54) is 0 Å². The summed E-state index contributed by atoms with van der Waals surface area (Å²) in [5.41, 5.74) is -0.478. The molecule has 0 radical (unpaired) electrons. The minimum Gasteiger partial charge on any atom is -0.462 e. The van der Waals surface area contributed by atoms with E-state index in [0.717, 1.165) is 0 Å². The second-order valence-electron chi connectivity index (χ2n) is 6.08. The van der Waals surface area contributed by atoms with Gasteiger partial charge in [0.1, 0.15) is 23.8 Å². The van der Waals surface area contributed by atoms with Crippen LogP contribution in [0.25, 0.3) is 0 Å². The Kier molecular flexibility index (Phi) is 6.50. The van der Waals surface area contributed by atoms with Gasteiger partial charge in [-0.05, 0) is 13.8 Å². The number of ether oxygens (including phenoxy) is 2. The predicted octanol–water partition coefficient (Wildman–Crippen LogP) is -1.05. The van der Waals surface area contributed by atoms with Crippen LogP contribution in [0.1, 0.15) is 13.8 Å². The molecule has 144 valence electrons. The van der Waals surface area contributed by atoms with Crippen molar-refractivity contribution in [2.75, 3.05) is 39.4 Å². The van der Waals surface area contributed by atoms with Gasteiger partial charge in [0.2, 0.25) is 0 Å². The van der Waals surface area contributed by atoms with Crippen molar-refractivity contribution >= 4 is 11.9 Å². The highest BCUT2D eigenvalue weighted by atomic mass is 16.5. The van der Waals surface area contributed by atoms with Crippen LogP contribution in [0, 0.1) is 28.1 Å². The Balaban J connectivity index is 2.05. The summed E-state index contributed by atoms with van der Waals surface area (Å²) in [7, 11) is 0. The highest BCUT2D eigenvalue weighted by molar-refractivity contribution is 5.94. The van der Waals surface area contributed by atoms with Gasteiger partial charge in [-0.1, -0.05) is 0 Å². The minimum absolute atomic E-state index is 0.0990. The van der Waals surface area contributed by atoms with E-state index in [-0.39, 0.29) is 29.8 Å². The van der Waals surface area contributed by atoms with Crippen LogP contribution in [0.15, 0.2) is 22.8 Å². The molecule has 2 aliphatic rings. The topological polar surface area (TPSA) is 148 Å². The van der Waals surface area contributed by atoms with Crippen molar-refractivity contribution in [3.8, 4) is 12.1 Å². The zero-order valence-electron chi connectivity index (χ0n) is 15.3. The highest BCUT2D eigenvalue weighted by Gasteiger charge is 2.38. The minimum atomic E-state index is -0.677. The maximum Gasteiger partial charge on any atom is 0.352 e. The van der Waals surface area contributed by atoms with Gasteiger partial charge < -0.3 is 30.7 Å². The average molecular weight is 374 g/mol. The van der Waals surface area contributed by atoms with Crippen molar-refractivity contribution in [3.63, 3.8) is 0 Å². The first-order valence-electron chi connectivity index (χ1n) is 8.58. The van der Waals surface area contributed by atoms with E-state index in [4.69, 9.17) is 9.47 Å². The van der Waals surface area contributed by atoms with Gasteiger partial charge in [-0.2, -0.15) is 10.5 Å². The zero-order valence-corrected chi connectivity index (χ0v) is 15.3. The van der Waals surface area contributed by atoms with Gasteiger partial charge in [0, 0.05) is 31.6 Å². The lowest BCUT2D eigenvalue weighted by atomic mass is 9.84. The van der Waals surface area contributed by atoms with Crippen molar-refractivity contribution in [3.05, 3.63) is 22.8 Å². The zero-order chi connectivity index (χ0) is 19.9. The van der Waals surface area contributed by atoms with E-state index in [1.807, 2.05) is 12.1 Å². The molecule has 0 aromatic heterocycles. The van der Waals surface area contributed by atoms with E-state index in [0.29, 0.717) is 37.8 Å². The third-order valence-corrected chi connectivity index (χ3v) is 4.24. The van der Waals surface area contributed by atoms with E-state index in [9.17, 15) is 20.1 Å². The molecular weight excluding hydrogens is 352 g/mol. The maximum atomic E-state index is 11.8. The SMILES string of the molecule is CCOC(=O)C(C#N)=C1NCC2(CN1)CNC(=C(C#N)C(=O)OCC)NC2. The molecule has 2 saturated heterocycles. The number of hydrogen-bond acceptors (Lipinski definition) is 10. The summed E-state index contributed by atoms with van der Waals surface area (Å²) >= 11 is 0. The molecule has 2 aliphatic heterocycles. The quantitative estimate of drug-likeness (QED) is 0.273. The lowest BCUT2D eigenvalue weighted by molar-refractivity contribution is -0.139. The molecule has 4 N–H and O–H groups in total. The Hall–Kier alpha value is -3.40. The van der Waals surface area contributed by atoms with Crippen LogP contribution in [0.4, 0.5) is 0 Å². The summed E-state index contributed by atoms with van der Waals surface area (Å²) in [6.45, 7) is 5.64. The maximum absolute atomic E-state index is 11.8. The molecule has 10 heteroatoms. The Labute approximate surface area is 157 Å². The van der Waals surface area contributed by atoms with Gasteiger partial charge in [0.05, 0.1) is 13.2 Å². The van der Waals surface area contributed by atoms with Crippen LogP contribution in [0.3, 0.4) is 0 Å². The molecule has 10 nitrogen and oxygen atoms in total. The fraction of sp³-hybridized carbons (Fsp3) is 0.529. The first-order chi connectivity index (χ1) is 13.0. The Morgan fingerprint density at radius 2 is 1.19 bits per heavy atom. The van der Waals surface area contributed by atoms with Gasteiger partial charge in [0.15, 0.2) is 11.1 Å².